The van der Waals surface area contributed by atoms with E-state index in [4.69, 9.17) is 15.2 Å². The molecule has 1 aromatic rings. The van der Waals surface area contributed by atoms with Crippen LogP contribution in [0.4, 0.5) is 4.79 Å². The third kappa shape index (κ3) is 2.92. The number of hydrogen-bond acceptors (Lipinski definition) is 4. The molecular formula is C12H15NO3S. The van der Waals surface area contributed by atoms with Gasteiger partial charge in [-0.05, 0) is 12.5 Å². The predicted octanol–water partition coefficient (Wildman–Crippen LogP) is 2.09. The Morgan fingerprint density at radius 1 is 1.59 bits per heavy atom. The molecule has 0 aromatic heterocycles. The van der Waals surface area contributed by atoms with Crippen molar-refractivity contribution in [3.8, 4) is 0 Å². The highest BCUT2D eigenvalue weighted by Crippen LogP contribution is 2.44. The van der Waals surface area contributed by atoms with E-state index in [-0.39, 0.29) is 17.6 Å². The van der Waals surface area contributed by atoms with E-state index in [9.17, 15) is 4.79 Å². The van der Waals surface area contributed by atoms with Gasteiger partial charge in [-0.1, -0.05) is 30.3 Å². The van der Waals surface area contributed by atoms with Crippen LogP contribution in [-0.4, -0.2) is 24.6 Å². The van der Waals surface area contributed by atoms with Gasteiger partial charge >= 0.3 is 6.09 Å². The van der Waals surface area contributed by atoms with Crippen LogP contribution in [0.5, 0.6) is 0 Å². The lowest BCUT2D eigenvalue weighted by molar-refractivity contribution is -0.0278. The summed E-state index contributed by atoms with van der Waals surface area (Å²) in [7, 11) is 0. The summed E-state index contributed by atoms with van der Waals surface area (Å²) in [5.41, 5.74) is 6.04. The van der Waals surface area contributed by atoms with E-state index in [0.717, 1.165) is 11.3 Å². The van der Waals surface area contributed by atoms with E-state index >= 15 is 0 Å². The van der Waals surface area contributed by atoms with Crippen molar-refractivity contribution >= 4 is 17.9 Å². The molecule has 2 rings (SSSR count). The number of hydrogen-bond donors (Lipinski definition) is 1. The van der Waals surface area contributed by atoms with Gasteiger partial charge in [-0.2, -0.15) is 0 Å². The average molecular weight is 253 g/mol. The highest BCUT2D eigenvalue weighted by atomic mass is 32.2. The van der Waals surface area contributed by atoms with E-state index in [1.165, 1.54) is 0 Å². The van der Waals surface area contributed by atoms with Crippen molar-refractivity contribution in [2.45, 2.75) is 18.0 Å². The third-order valence-electron chi connectivity index (χ3n) is 2.65. The van der Waals surface area contributed by atoms with Crippen LogP contribution in [0.1, 0.15) is 12.5 Å². The van der Waals surface area contributed by atoms with Gasteiger partial charge in [-0.3, -0.25) is 0 Å². The van der Waals surface area contributed by atoms with Gasteiger partial charge in [0.15, 0.2) is 0 Å². The number of carbonyl (C=O) groups is 1. The Kier molecular flexibility index (Phi) is 3.59. The lowest BCUT2D eigenvalue weighted by atomic mass is 10.1. The fourth-order valence-electron chi connectivity index (χ4n) is 1.79. The van der Waals surface area contributed by atoms with Crippen molar-refractivity contribution in [1.29, 1.82) is 0 Å². The molecule has 1 aliphatic heterocycles. The minimum absolute atomic E-state index is 0.0993. The van der Waals surface area contributed by atoms with Crippen LogP contribution in [0.2, 0.25) is 0 Å². The van der Waals surface area contributed by atoms with Gasteiger partial charge < -0.3 is 15.2 Å². The number of amides is 1. The number of nitrogens with two attached hydrogens (primary N) is 1. The second-order valence-corrected chi connectivity index (χ2v) is 5.39. The molecule has 0 radical (unpaired) electrons. The third-order valence-corrected chi connectivity index (χ3v) is 4.07. The number of rotatable bonds is 3. The topological polar surface area (TPSA) is 61.6 Å². The molecule has 17 heavy (non-hydrogen) atoms. The minimum atomic E-state index is -0.757. The smallest absolute Gasteiger partial charge is 0.404 e. The van der Waals surface area contributed by atoms with E-state index in [1.807, 2.05) is 37.3 Å². The van der Waals surface area contributed by atoms with Gasteiger partial charge in [-0.15, -0.1) is 11.8 Å². The first-order chi connectivity index (χ1) is 8.10. The number of primary amides is 1. The van der Waals surface area contributed by atoms with Crippen molar-refractivity contribution in [1.82, 2.24) is 0 Å². The summed E-state index contributed by atoms with van der Waals surface area (Å²) in [6, 6.07) is 10.0. The molecule has 1 aromatic carbocycles. The predicted molar refractivity (Wildman–Crippen MR) is 66.7 cm³/mol. The zero-order chi connectivity index (χ0) is 12.3. The maximum atomic E-state index is 10.5. The molecule has 92 valence electrons. The molecule has 2 atom stereocenters. The van der Waals surface area contributed by atoms with E-state index < -0.39 is 6.09 Å². The van der Waals surface area contributed by atoms with Gasteiger partial charge in [0.25, 0.3) is 0 Å². The number of carbonyl (C=O) groups excluding carboxylic acids is 1. The normalized spacial score (nSPS) is 27.9. The van der Waals surface area contributed by atoms with Crippen molar-refractivity contribution in [3.05, 3.63) is 35.9 Å². The maximum Gasteiger partial charge on any atom is 0.404 e. The van der Waals surface area contributed by atoms with Crippen molar-refractivity contribution in [2.24, 2.45) is 5.73 Å². The van der Waals surface area contributed by atoms with Crippen molar-refractivity contribution < 1.29 is 14.3 Å². The maximum absolute atomic E-state index is 10.5. The average Bonchev–Trinajstić information content (AvgIpc) is 2.71. The largest absolute Gasteiger partial charge is 0.447 e. The molecule has 1 saturated heterocycles. The molecule has 1 heterocycles. The molecule has 4 nitrogen and oxygen atoms in total. The molecule has 5 heteroatoms. The molecule has 0 unspecified atom stereocenters. The van der Waals surface area contributed by atoms with Gasteiger partial charge in [0, 0.05) is 5.75 Å². The van der Waals surface area contributed by atoms with Gasteiger partial charge in [0.05, 0.1) is 0 Å². The monoisotopic (exact) mass is 253 g/mol. The van der Waals surface area contributed by atoms with Crippen LogP contribution < -0.4 is 5.73 Å². The van der Waals surface area contributed by atoms with Crippen LogP contribution in [0.15, 0.2) is 30.3 Å². The highest BCUT2D eigenvalue weighted by molar-refractivity contribution is 8.00. The van der Waals surface area contributed by atoms with Crippen LogP contribution in [0, 0.1) is 0 Å². The van der Waals surface area contributed by atoms with Crippen molar-refractivity contribution in [3.63, 3.8) is 0 Å². The van der Waals surface area contributed by atoms with Gasteiger partial charge in [0.1, 0.15) is 17.6 Å². The SMILES string of the molecule is C[C@]1(c2ccccc2)O[C@@H](COC(N)=O)CS1. The summed E-state index contributed by atoms with van der Waals surface area (Å²) < 4.78 is 10.7. The lowest BCUT2D eigenvalue weighted by Gasteiger charge is -2.24. The first-order valence-electron chi connectivity index (χ1n) is 5.40. The number of ether oxygens (including phenoxy) is 2. The van der Waals surface area contributed by atoms with E-state index in [2.05, 4.69) is 0 Å². The Labute approximate surface area is 104 Å². The Bertz CT molecular complexity index is 398. The Morgan fingerprint density at radius 2 is 2.29 bits per heavy atom. The molecule has 0 bridgehead atoms. The van der Waals surface area contributed by atoms with Gasteiger partial charge in [0.2, 0.25) is 0 Å². The molecule has 1 aliphatic rings. The quantitative estimate of drug-likeness (QED) is 0.896. The zero-order valence-electron chi connectivity index (χ0n) is 9.59. The van der Waals surface area contributed by atoms with Crippen molar-refractivity contribution in [2.75, 3.05) is 12.4 Å². The number of thioether (sulfide) groups is 1. The Morgan fingerprint density at radius 3 is 2.94 bits per heavy atom. The first kappa shape index (κ1) is 12.3. The Balaban J connectivity index is 1.99. The summed E-state index contributed by atoms with van der Waals surface area (Å²) in [5.74, 6) is 0.790. The lowest BCUT2D eigenvalue weighted by Crippen LogP contribution is -2.26. The molecule has 0 saturated carbocycles. The number of benzene rings is 1. The van der Waals surface area contributed by atoms with Crippen LogP contribution >= 0.6 is 11.8 Å². The first-order valence-corrected chi connectivity index (χ1v) is 6.38. The molecule has 0 spiro atoms. The fraction of sp³-hybridized carbons (Fsp3) is 0.417. The Hall–Kier alpha value is -1.20. The molecule has 1 amide bonds. The summed E-state index contributed by atoms with van der Waals surface area (Å²) in [6.45, 7) is 2.24. The van der Waals surface area contributed by atoms with Crippen LogP contribution in [-0.2, 0) is 14.4 Å². The standard InChI is InChI=1S/C12H15NO3S/c1-12(9-5-3-2-4-6-9)16-10(8-17-12)7-15-11(13)14/h2-6,10H,7-8H2,1H3,(H2,13,14)/t10-,12-/m0/s1. The summed E-state index contributed by atoms with van der Waals surface area (Å²) in [4.78, 5) is 10.2. The van der Waals surface area contributed by atoms with E-state index in [1.54, 1.807) is 11.8 Å². The second-order valence-electron chi connectivity index (χ2n) is 3.99. The van der Waals surface area contributed by atoms with Crippen LogP contribution in [0.25, 0.3) is 0 Å². The molecule has 0 aliphatic carbocycles. The van der Waals surface area contributed by atoms with Gasteiger partial charge in [-0.25, -0.2) is 4.79 Å². The fourth-order valence-corrected chi connectivity index (χ4v) is 2.96. The summed E-state index contributed by atoms with van der Waals surface area (Å²) >= 11 is 1.70. The van der Waals surface area contributed by atoms with Crippen LogP contribution in [0.3, 0.4) is 0 Å². The summed E-state index contributed by atoms with van der Waals surface area (Å²) in [6.07, 6.45) is -0.857. The zero-order valence-corrected chi connectivity index (χ0v) is 10.4. The van der Waals surface area contributed by atoms with E-state index in [0.29, 0.717) is 0 Å². The molecule has 1 fully saturated rings. The summed E-state index contributed by atoms with van der Waals surface area (Å²) in [5, 5.41) is 0. The minimum Gasteiger partial charge on any atom is -0.447 e. The second kappa shape index (κ2) is 4.98. The highest BCUT2D eigenvalue weighted by Gasteiger charge is 2.38. The molecule has 2 N–H and O–H groups in total. The molecular weight excluding hydrogens is 238 g/mol.